The minimum Gasteiger partial charge on any atom is -0.212 e. The van der Waals surface area contributed by atoms with Gasteiger partial charge < -0.3 is 0 Å². The Hall–Kier alpha value is -0.940. The number of benzene rings is 1. The van der Waals surface area contributed by atoms with Crippen LogP contribution in [0.5, 0.6) is 0 Å². The van der Waals surface area contributed by atoms with E-state index in [1.54, 1.807) is 12.1 Å². The van der Waals surface area contributed by atoms with Crippen LogP contribution in [0.25, 0.3) is 0 Å². The van der Waals surface area contributed by atoms with Crippen LogP contribution in [-0.4, -0.2) is 14.5 Å². The van der Waals surface area contributed by atoms with Crippen molar-refractivity contribution in [2.45, 2.75) is 37.5 Å². The van der Waals surface area contributed by atoms with E-state index >= 15 is 0 Å². The lowest BCUT2D eigenvalue weighted by Gasteiger charge is -2.22. The Balaban J connectivity index is 1.68. The van der Waals surface area contributed by atoms with E-state index in [0.717, 1.165) is 19.3 Å². The van der Waals surface area contributed by atoms with Crippen molar-refractivity contribution >= 4 is 10.0 Å². The molecule has 0 amide bonds. The summed E-state index contributed by atoms with van der Waals surface area (Å²) in [6.07, 6.45) is 4.45. The van der Waals surface area contributed by atoms with Crippen LogP contribution in [0.15, 0.2) is 24.3 Å². The van der Waals surface area contributed by atoms with Crippen molar-refractivity contribution in [3.05, 3.63) is 35.6 Å². The summed E-state index contributed by atoms with van der Waals surface area (Å²) in [4.78, 5) is 0. The van der Waals surface area contributed by atoms with Gasteiger partial charge in [-0.25, -0.2) is 17.5 Å². The molecular formula is C14H18FNO2S. The van der Waals surface area contributed by atoms with Crippen LogP contribution >= 0.6 is 0 Å². The second-order valence-corrected chi connectivity index (χ2v) is 7.50. The van der Waals surface area contributed by atoms with Gasteiger partial charge in [0.25, 0.3) is 0 Å². The zero-order chi connectivity index (χ0) is 13.5. The fraction of sp³-hybridized carbons (Fsp3) is 0.571. The van der Waals surface area contributed by atoms with Gasteiger partial charge in [0, 0.05) is 11.6 Å². The lowest BCUT2D eigenvalue weighted by atomic mass is 9.96. The average molecular weight is 283 g/mol. The third-order valence-electron chi connectivity index (χ3n) is 4.37. The van der Waals surface area contributed by atoms with E-state index in [9.17, 15) is 12.8 Å². The summed E-state index contributed by atoms with van der Waals surface area (Å²) in [5, 5.41) is 0. The van der Waals surface area contributed by atoms with Crippen molar-refractivity contribution in [2.75, 3.05) is 0 Å². The summed E-state index contributed by atoms with van der Waals surface area (Å²) in [6.45, 7) is 0. The minimum atomic E-state index is -3.45. The Kier molecular flexibility index (Phi) is 3.35. The number of halogens is 1. The molecule has 1 aromatic rings. The van der Waals surface area contributed by atoms with Gasteiger partial charge in [-0.1, -0.05) is 24.6 Å². The number of hydrogen-bond donors (Lipinski definition) is 1. The minimum absolute atomic E-state index is 0.0653. The fourth-order valence-electron chi connectivity index (χ4n) is 3.48. The molecule has 0 unspecified atom stereocenters. The molecule has 0 aromatic heterocycles. The average Bonchev–Trinajstić information content (AvgIpc) is 2.93. The number of sulfonamides is 1. The van der Waals surface area contributed by atoms with Gasteiger partial charge in [-0.15, -0.1) is 0 Å². The number of rotatable bonds is 4. The smallest absolute Gasteiger partial charge is 0.212 e. The van der Waals surface area contributed by atoms with E-state index in [2.05, 4.69) is 4.72 Å². The zero-order valence-corrected chi connectivity index (χ0v) is 11.5. The van der Waals surface area contributed by atoms with Gasteiger partial charge in [0.15, 0.2) is 0 Å². The molecule has 2 saturated carbocycles. The molecule has 5 heteroatoms. The van der Waals surface area contributed by atoms with E-state index in [4.69, 9.17) is 0 Å². The van der Waals surface area contributed by atoms with Crippen LogP contribution in [-0.2, 0) is 15.8 Å². The highest BCUT2D eigenvalue weighted by atomic mass is 32.2. The molecule has 3 rings (SSSR count). The standard InChI is InChI=1S/C14H18FNO2S/c15-13-4-2-1-3-12(13)9-19(17,18)16-14-8-10-5-6-11(14)7-10/h1-4,10-11,14,16H,5-9H2/t10-,11-,14+/m0/s1. The van der Waals surface area contributed by atoms with Crippen molar-refractivity contribution in [1.82, 2.24) is 4.72 Å². The predicted molar refractivity (Wildman–Crippen MR) is 71.4 cm³/mol. The molecule has 0 aliphatic heterocycles. The molecule has 2 aliphatic rings. The van der Waals surface area contributed by atoms with Crippen LogP contribution in [0, 0.1) is 17.7 Å². The summed E-state index contributed by atoms with van der Waals surface area (Å²) in [5.41, 5.74) is 0.234. The van der Waals surface area contributed by atoms with Gasteiger partial charge in [0.05, 0.1) is 5.75 Å². The van der Waals surface area contributed by atoms with Gasteiger partial charge in [-0.05, 0) is 37.2 Å². The van der Waals surface area contributed by atoms with Gasteiger partial charge in [-0.3, -0.25) is 0 Å². The number of fused-ring (bicyclic) bond motifs is 2. The number of hydrogen-bond acceptors (Lipinski definition) is 2. The van der Waals surface area contributed by atoms with Gasteiger partial charge in [-0.2, -0.15) is 0 Å². The monoisotopic (exact) mass is 283 g/mol. The van der Waals surface area contributed by atoms with Crippen molar-refractivity contribution in [1.29, 1.82) is 0 Å². The number of nitrogens with one attached hydrogen (secondary N) is 1. The van der Waals surface area contributed by atoms with Crippen LogP contribution in [0.2, 0.25) is 0 Å². The maximum atomic E-state index is 13.5. The van der Waals surface area contributed by atoms with Crippen molar-refractivity contribution in [2.24, 2.45) is 11.8 Å². The van der Waals surface area contributed by atoms with E-state index in [1.165, 1.54) is 18.6 Å². The largest absolute Gasteiger partial charge is 0.216 e. The maximum absolute atomic E-state index is 13.5. The summed E-state index contributed by atoms with van der Waals surface area (Å²) in [7, 11) is -3.45. The first-order valence-electron chi connectivity index (χ1n) is 6.77. The molecule has 3 atom stereocenters. The first-order chi connectivity index (χ1) is 9.03. The molecule has 1 N–H and O–H groups in total. The molecule has 0 saturated heterocycles. The van der Waals surface area contributed by atoms with Crippen molar-refractivity contribution in [3.8, 4) is 0 Å². The first-order valence-corrected chi connectivity index (χ1v) is 8.42. The Bertz CT molecular complexity index is 573. The Morgan fingerprint density at radius 2 is 2.00 bits per heavy atom. The summed E-state index contributed by atoms with van der Waals surface area (Å²) < 4.78 is 40.5. The van der Waals surface area contributed by atoms with Crippen molar-refractivity contribution < 1.29 is 12.8 Å². The zero-order valence-electron chi connectivity index (χ0n) is 10.7. The van der Waals surface area contributed by atoms with Gasteiger partial charge >= 0.3 is 0 Å². The Labute approximate surface area is 113 Å². The maximum Gasteiger partial charge on any atom is 0.216 e. The quantitative estimate of drug-likeness (QED) is 0.922. The third kappa shape index (κ3) is 2.82. The second kappa shape index (κ2) is 4.87. The molecule has 1 aromatic carbocycles. The molecule has 0 spiro atoms. The third-order valence-corrected chi connectivity index (χ3v) is 5.73. The first kappa shape index (κ1) is 13.1. The van der Waals surface area contributed by atoms with Crippen LogP contribution in [0.4, 0.5) is 4.39 Å². The second-order valence-electron chi connectivity index (χ2n) is 5.75. The van der Waals surface area contributed by atoms with Gasteiger partial charge in [0.1, 0.15) is 5.82 Å². The molecule has 0 radical (unpaired) electrons. The molecule has 104 valence electrons. The molecule has 3 nitrogen and oxygen atoms in total. The Morgan fingerprint density at radius 3 is 2.63 bits per heavy atom. The predicted octanol–water partition coefficient (Wildman–Crippen LogP) is 2.43. The molecule has 2 bridgehead atoms. The van der Waals surface area contributed by atoms with Crippen LogP contribution < -0.4 is 4.72 Å². The normalized spacial score (nSPS) is 29.8. The molecule has 0 heterocycles. The Morgan fingerprint density at radius 1 is 1.21 bits per heavy atom. The highest BCUT2D eigenvalue weighted by Gasteiger charge is 2.41. The fourth-order valence-corrected chi connectivity index (χ4v) is 4.96. The van der Waals surface area contributed by atoms with Gasteiger partial charge in [0.2, 0.25) is 10.0 Å². The molecule has 19 heavy (non-hydrogen) atoms. The van der Waals surface area contributed by atoms with Crippen LogP contribution in [0.1, 0.15) is 31.2 Å². The van der Waals surface area contributed by atoms with Crippen LogP contribution in [0.3, 0.4) is 0 Å². The molecule has 2 aliphatic carbocycles. The summed E-state index contributed by atoms with van der Waals surface area (Å²) in [6, 6.07) is 6.11. The topological polar surface area (TPSA) is 46.2 Å². The van der Waals surface area contributed by atoms with E-state index < -0.39 is 15.8 Å². The van der Waals surface area contributed by atoms with E-state index in [1.807, 2.05) is 0 Å². The highest BCUT2D eigenvalue weighted by molar-refractivity contribution is 7.88. The molecular weight excluding hydrogens is 265 g/mol. The highest BCUT2D eigenvalue weighted by Crippen LogP contribution is 2.44. The van der Waals surface area contributed by atoms with Crippen molar-refractivity contribution in [3.63, 3.8) is 0 Å². The van der Waals surface area contributed by atoms with E-state index in [0.29, 0.717) is 11.8 Å². The summed E-state index contributed by atoms with van der Waals surface area (Å²) >= 11 is 0. The SMILES string of the molecule is O=S(=O)(Cc1ccccc1F)N[C@@H]1C[C@H]2CC[C@H]1C2. The summed E-state index contributed by atoms with van der Waals surface area (Å²) in [5.74, 6) is 0.445. The lowest BCUT2D eigenvalue weighted by molar-refractivity contribution is 0.390. The molecule has 2 fully saturated rings. The van der Waals surface area contributed by atoms with E-state index in [-0.39, 0.29) is 17.4 Å². The lowest BCUT2D eigenvalue weighted by Crippen LogP contribution is -2.39.